The number of ether oxygens (including phenoxy) is 1. The monoisotopic (exact) mass is 388 g/mol. The number of non-ortho nitro benzene ring substituents is 1. The number of nitro benzene ring substituents is 1. The second-order valence-electron chi connectivity index (χ2n) is 5.99. The SMILES string of the molecule is COc1cc([N+](=O)[O-])ccc1-c1ccc(/C=C2/SC(=O)N(C(C)C)C2=O)o1. The van der Waals surface area contributed by atoms with Gasteiger partial charge >= 0.3 is 0 Å². The molecule has 0 saturated carbocycles. The molecule has 2 heterocycles. The first kappa shape index (κ1) is 18.7. The van der Waals surface area contributed by atoms with Gasteiger partial charge in [0, 0.05) is 18.2 Å². The van der Waals surface area contributed by atoms with Crippen LogP contribution >= 0.6 is 11.8 Å². The van der Waals surface area contributed by atoms with Crippen molar-refractivity contribution in [2.75, 3.05) is 7.11 Å². The number of thioether (sulfide) groups is 1. The molecule has 1 aliphatic heterocycles. The highest BCUT2D eigenvalue weighted by Crippen LogP contribution is 2.37. The molecule has 0 bridgehead atoms. The Morgan fingerprint density at radius 2 is 2.00 bits per heavy atom. The number of hydrogen-bond acceptors (Lipinski definition) is 7. The van der Waals surface area contributed by atoms with Crippen LogP contribution in [0.1, 0.15) is 19.6 Å². The van der Waals surface area contributed by atoms with Crippen molar-refractivity contribution in [3.8, 4) is 17.1 Å². The van der Waals surface area contributed by atoms with Crippen molar-refractivity contribution >= 4 is 34.7 Å². The number of rotatable bonds is 5. The van der Waals surface area contributed by atoms with E-state index in [1.54, 1.807) is 26.0 Å². The number of carbonyl (C=O) groups excluding carboxylic acids is 2. The smallest absolute Gasteiger partial charge is 0.293 e. The van der Waals surface area contributed by atoms with Crippen LogP contribution in [-0.2, 0) is 4.79 Å². The number of amides is 2. The molecule has 0 spiro atoms. The average molecular weight is 388 g/mol. The fourth-order valence-corrected chi connectivity index (χ4v) is 3.57. The van der Waals surface area contributed by atoms with Crippen LogP contribution in [0.5, 0.6) is 5.75 Å². The molecule has 1 aliphatic rings. The van der Waals surface area contributed by atoms with Gasteiger partial charge in [-0.1, -0.05) is 0 Å². The third-order valence-electron chi connectivity index (χ3n) is 3.90. The maximum Gasteiger partial charge on any atom is 0.293 e. The van der Waals surface area contributed by atoms with Gasteiger partial charge in [0.1, 0.15) is 17.3 Å². The summed E-state index contributed by atoms with van der Waals surface area (Å²) < 4.78 is 10.9. The number of imide groups is 1. The Bertz CT molecular complexity index is 963. The zero-order valence-electron chi connectivity index (χ0n) is 14.8. The Balaban J connectivity index is 1.91. The highest BCUT2D eigenvalue weighted by molar-refractivity contribution is 8.18. The second kappa shape index (κ2) is 7.28. The summed E-state index contributed by atoms with van der Waals surface area (Å²) in [6.07, 6.45) is 1.51. The molecule has 9 heteroatoms. The van der Waals surface area contributed by atoms with E-state index >= 15 is 0 Å². The van der Waals surface area contributed by atoms with E-state index in [1.807, 2.05) is 0 Å². The number of furan rings is 1. The predicted octanol–water partition coefficient (Wildman–Crippen LogP) is 4.31. The molecule has 0 unspecified atom stereocenters. The van der Waals surface area contributed by atoms with Crippen molar-refractivity contribution in [2.45, 2.75) is 19.9 Å². The van der Waals surface area contributed by atoms with Crippen LogP contribution in [0.15, 0.2) is 39.7 Å². The lowest BCUT2D eigenvalue weighted by atomic mass is 10.1. The number of nitro groups is 1. The minimum atomic E-state index is -0.509. The molecule has 0 radical (unpaired) electrons. The van der Waals surface area contributed by atoms with Crippen molar-refractivity contribution in [3.63, 3.8) is 0 Å². The number of carbonyl (C=O) groups is 2. The standard InChI is InChI=1S/C18H16N2O6S/c1-10(2)19-17(21)16(27-18(19)22)9-12-5-7-14(26-12)13-6-4-11(20(23)24)8-15(13)25-3/h4-10H,1-3H3/b16-9+. The van der Waals surface area contributed by atoms with E-state index in [2.05, 4.69) is 0 Å². The van der Waals surface area contributed by atoms with Gasteiger partial charge in [-0.2, -0.15) is 0 Å². The Labute approximate surface area is 158 Å². The molecule has 1 aromatic carbocycles. The van der Waals surface area contributed by atoms with Crippen LogP contribution in [0.25, 0.3) is 17.4 Å². The molecular formula is C18H16N2O6S. The topological polar surface area (TPSA) is 103 Å². The van der Waals surface area contributed by atoms with Crippen LogP contribution in [0.2, 0.25) is 0 Å². The number of benzene rings is 1. The summed E-state index contributed by atoms with van der Waals surface area (Å²) in [5, 5.41) is 10.6. The lowest BCUT2D eigenvalue weighted by Crippen LogP contribution is -2.34. The highest BCUT2D eigenvalue weighted by atomic mass is 32.2. The maximum atomic E-state index is 12.3. The van der Waals surface area contributed by atoms with E-state index in [-0.39, 0.29) is 27.8 Å². The molecule has 0 aliphatic carbocycles. The van der Waals surface area contributed by atoms with E-state index in [4.69, 9.17) is 9.15 Å². The van der Waals surface area contributed by atoms with Gasteiger partial charge in [0.05, 0.1) is 28.6 Å². The van der Waals surface area contributed by atoms with Crippen LogP contribution < -0.4 is 4.74 Å². The average Bonchev–Trinajstić information content (AvgIpc) is 3.19. The van der Waals surface area contributed by atoms with Gasteiger partial charge in [0.15, 0.2) is 0 Å². The number of methoxy groups -OCH3 is 1. The number of hydrogen-bond donors (Lipinski definition) is 0. The summed E-state index contributed by atoms with van der Waals surface area (Å²) in [4.78, 5) is 36.1. The molecule has 2 amide bonds. The lowest BCUT2D eigenvalue weighted by molar-refractivity contribution is -0.384. The summed E-state index contributed by atoms with van der Waals surface area (Å²) in [7, 11) is 1.41. The van der Waals surface area contributed by atoms with Crippen molar-refractivity contribution < 1.29 is 23.7 Å². The third-order valence-corrected chi connectivity index (χ3v) is 4.79. The zero-order chi connectivity index (χ0) is 19.7. The van der Waals surface area contributed by atoms with E-state index in [9.17, 15) is 19.7 Å². The van der Waals surface area contributed by atoms with Gasteiger partial charge in [0.2, 0.25) is 0 Å². The first-order valence-electron chi connectivity index (χ1n) is 8.01. The first-order chi connectivity index (χ1) is 12.8. The molecule has 3 rings (SSSR count). The molecule has 2 aromatic rings. The second-order valence-corrected chi connectivity index (χ2v) is 6.98. The minimum Gasteiger partial charge on any atom is -0.496 e. The molecule has 1 fully saturated rings. The molecule has 0 N–H and O–H groups in total. The Kier molecular flexibility index (Phi) is 5.04. The Morgan fingerprint density at radius 1 is 1.26 bits per heavy atom. The van der Waals surface area contributed by atoms with Gasteiger partial charge in [-0.05, 0) is 43.8 Å². The van der Waals surface area contributed by atoms with Crippen LogP contribution in [-0.4, -0.2) is 34.1 Å². The van der Waals surface area contributed by atoms with Crippen molar-refractivity contribution in [3.05, 3.63) is 51.1 Å². The highest BCUT2D eigenvalue weighted by Gasteiger charge is 2.36. The van der Waals surface area contributed by atoms with E-state index in [1.165, 1.54) is 36.3 Å². The molecule has 27 heavy (non-hydrogen) atoms. The fourth-order valence-electron chi connectivity index (χ4n) is 2.63. The van der Waals surface area contributed by atoms with E-state index < -0.39 is 4.92 Å². The molecule has 0 atom stereocenters. The quantitative estimate of drug-likeness (QED) is 0.427. The molecule has 140 valence electrons. The van der Waals surface area contributed by atoms with Crippen molar-refractivity contribution in [1.29, 1.82) is 0 Å². The predicted molar refractivity (Wildman–Crippen MR) is 100 cm³/mol. The molecular weight excluding hydrogens is 372 g/mol. The summed E-state index contributed by atoms with van der Waals surface area (Å²) in [5.41, 5.74) is 0.447. The zero-order valence-corrected chi connectivity index (χ0v) is 15.6. The molecule has 1 saturated heterocycles. The molecule has 8 nitrogen and oxygen atoms in total. The largest absolute Gasteiger partial charge is 0.496 e. The summed E-state index contributed by atoms with van der Waals surface area (Å²) in [5.74, 6) is 0.756. The minimum absolute atomic E-state index is 0.0928. The fraction of sp³-hybridized carbons (Fsp3) is 0.222. The van der Waals surface area contributed by atoms with Gasteiger partial charge in [-0.25, -0.2) is 0 Å². The van der Waals surface area contributed by atoms with Crippen molar-refractivity contribution in [1.82, 2.24) is 4.90 Å². The van der Waals surface area contributed by atoms with Gasteiger partial charge in [0.25, 0.3) is 16.8 Å². The van der Waals surface area contributed by atoms with Crippen molar-refractivity contribution in [2.24, 2.45) is 0 Å². The summed E-state index contributed by atoms with van der Waals surface area (Å²) in [6, 6.07) is 7.30. The van der Waals surface area contributed by atoms with Crippen LogP contribution in [0, 0.1) is 10.1 Å². The van der Waals surface area contributed by atoms with E-state index in [0.717, 1.165) is 11.8 Å². The third kappa shape index (κ3) is 3.59. The van der Waals surface area contributed by atoms with E-state index in [0.29, 0.717) is 22.8 Å². The van der Waals surface area contributed by atoms with Gasteiger partial charge in [-0.15, -0.1) is 0 Å². The maximum absolute atomic E-state index is 12.3. The lowest BCUT2D eigenvalue weighted by Gasteiger charge is -2.16. The Hall–Kier alpha value is -3.07. The van der Waals surface area contributed by atoms with Crippen LogP contribution in [0.4, 0.5) is 10.5 Å². The molecule has 1 aromatic heterocycles. The normalized spacial score (nSPS) is 15.9. The first-order valence-corrected chi connectivity index (χ1v) is 8.83. The van der Waals surface area contributed by atoms with Gasteiger partial charge < -0.3 is 9.15 Å². The number of nitrogens with zero attached hydrogens (tertiary/aromatic N) is 2. The summed E-state index contributed by atoms with van der Waals surface area (Å²) >= 11 is 0.862. The Morgan fingerprint density at radius 3 is 2.59 bits per heavy atom. The van der Waals surface area contributed by atoms with Gasteiger partial charge in [-0.3, -0.25) is 24.6 Å². The van der Waals surface area contributed by atoms with Crippen LogP contribution in [0.3, 0.4) is 0 Å². The summed E-state index contributed by atoms with van der Waals surface area (Å²) in [6.45, 7) is 3.54.